The Bertz CT molecular complexity index is 1040. The van der Waals surface area contributed by atoms with Crippen molar-refractivity contribution in [3.8, 4) is 5.75 Å². The van der Waals surface area contributed by atoms with Gasteiger partial charge in [0.05, 0.1) is 12.8 Å². The van der Waals surface area contributed by atoms with E-state index in [0.29, 0.717) is 6.54 Å². The number of nitrogens with zero attached hydrogens (tertiary/aromatic N) is 3. The molecule has 0 atom stereocenters. The number of fused-ring (bicyclic) bond motifs is 1. The lowest BCUT2D eigenvalue weighted by atomic mass is 9.85. The maximum absolute atomic E-state index is 12.6. The van der Waals surface area contributed by atoms with Crippen molar-refractivity contribution in [2.45, 2.75) is 38.3 Å². The number of ether oxygens (including phenoxy) is 1. The molecule has 0 saturated heterocycles. The first-order valence-electron chi connectivity index (χ1n) is 10.4. The molecule has 2 heterocycles. The van der Waals surface area contributed by atoms with Gasteiger partial charge in [-0.1, -0.05) is 12.1 Å². The van der Waals surface area contributed by atoms with Crippen LogP contribution in [0, 0.1) is 5.92 Å². The number of benzene rings is 1. The summed E-state index contributed by atoms with van der Waals surface area (Å²) in [5, 5.41) is 16.7. The van der Waals surface area contributed by atoms with E-state index >= 15 is 0 Å². The van der Waals surface area contributed by atoms with E-state index < -0.39 is 0 Å². The predicted octanol–water partition coefficient (Wildman–Crippen LogP) is 2.73. The van der Waals surface area contributed by atoms with E-state index in [4.69, 9.17) is 4.74 Å². The van der Waals surface area contributed by atoms with Gasteiger partial charge in [0.25, 0.3) is 0 Å². The van der Waals surface area contributed by atoms with Crippen LogP contribution in [0.2, 0.25) is 0 Å². The molecule has 31 heavy (non-hydrogen) atoms. The summed E-state index contributed by atoms with van der Waals surface area (Å²) in [6.07, 6.45) is 6.43. The second kappa shape index (κ2) is 9.46. The van der Waals surface area contributed by atoms with Gasteiger partial charge in [-0.05, 0) is 55.5 Å². The zero-order valence-corrected chi connectivity index (χ0v) is 17.4. The van der Waals surface area contributed by atoms with Crippen LogP contribution < -0.4 is 20.7 Å². The average molecular weight is 422 g/mol. The van der Waals surface area contributed by atoms with Gasteiger partial charge in [-0.25, -0.2) is 4.79 Å². The molecule has 9 heteroatoms. The third-order valence-electron chi connectivity index (χ3n) is 5.60. The first-order chi connectivity index (χ1) is 15.1. The zero-order valence-electron chi connectivity index (χ0n) is 17.4. The molecule has 0 unspecified atom stereocenters. The summed E-state index contributed by atoms with van der Waals surface area (Å²) in [6, 6.07) is 11.1. The van der Waals surface area contributed by atoms with Gasteiger partial charge >= 0.3 is 6.03 Å². The van der Waals surface area contributed by atoms with Crippen molar-refractivity contribution in [1.29, 1.82) is 0 Å². The molecular weight excluding hydrogens is 396 g/mol. The second-order valence-corrected chi connectivity index (χ2v) is 7.73. The lowest BCUT2D eigenvalue weighted by molar-refractivity contribution is -0.120. The number of hydrogen-bond donors (Lipinski definition) is 3. The third kappa shape index (κ3) is 5.30. The molecule has 1 fully saturated rings. The largest absolute Gasteiger partial charge is 0.497 e. The van der Waals surface area contributed by atoms with E-state index in [0.717, 1.165) is 48.3 Å². The highest BCUT2D eigenvalue weighted by molar-refractivity contribution is 5.92. The van der Waals surface area contributed by atoms with Gasteiger partial charge in [-0.2, -0.15) is 0 Å². The van der Waals surface area contributed by atoms with Crippen LogP contribution in [-0.4, -0.2) is 39.7 Å². The Hall–Kier alpha value is -3.62. The Labute approximate surface area is 180 Å². The van der Waals surface area contributed by atoms with Gasteiger partial charge in [0.15, 0.2) is 5.65 Å². The number of urea groups is 1. The summed E-state index contributed by atoms with van der Waals surface area (Å²) in [4.78, 5) is 24.8. The van der Waals surface area contributed by atoms with Crippen molar-refractivity contribution in [3.05, 3.63) is 54.5 Å². The van der Waals surface area contributed by atoms with Crippen molar-refractivity contribution in [1.82, 2.24) is 25.2 Å². The highest BCUT2D eigenvalue weighted by Crippen LogP contribution is 2.25. The van der Waals surface area contributed by atoms with Crippen LogP contribution in [0.1, 0.15) is 31.2 Å². The highest BCUT2D eigenvalue weighted by Gasteiger charge is 2.27. The number of rotatable bonds is 6. The number of pyridine rings is 1. The number of carbonyl (C=O) groups is 2. The van der Waals surface area contributed by atoms with Gasteiger partial charge in [0.2, 0.25) is 5.91 Å². The van der Waals surface area contributed by atoms with Gasteiger partial charge in [0.1, 0.15) is 12.1 Å². The molecule has 0 bridgehead atoms. The maximum Gasteiger partial charge on any atom is 0.315 e. The number of methoxy groups -OCH3 is 1. The molecule has 0 radical (unpaired) electrons. The molecule has 2 aromatic heterocycles. The number of amides is 3. The maximum atomic E-state index is 12.6. The minimum absolute atomic E-state index is 0.00910. The fourth-order valence-electron chi connectivity index (χ4n) is 3.81. The summed E-state index contributed by atoms with van der Waals surface area (Å²) in [5.41, 5.74) is 2.45. The van der Waals surface area contributed by atoms with E-state index in [1.165, 1.54) is 0 Å². The topological polar surface area (TPSA) is 110 Å². The van der Waals surface area contributed by atoms with Crippen LogP contribution in [0.15, 0.2) is 48.9 Å². The minimum Gasteiger partial charge on any atom is -0.497 e. The molecule has 0 spiro atoms. The van der Waals surface area contributed by atoms with Gasteiger partial charge in [-0.3, -0.25) is 9.20 Å². The molecule has 1 aliphatic carbocycles. The minimum atomic E-state index is -0.189. The van der Waals surface area contributed by atoms with Crippen LogP contribution in [0.5, 0.6) is 5.75 Å². The lowest BCUT2D eigenvalue weighted by Gasteiger charge is -2.28. The number of anilines is 1. The van der Waals surface area contributed by atoms with E-state index in [1.807, 2.05) is 36.4 Å². The van der Waals surface area contributed by atoms with Gasteiger partial charge < -0.3 is 20.7 Å². The van der Waals surface area contributed by atoms with E-state index in [-0.39, 0.29) is 23.9 Å². The summed E-state index contributed by atoms with van der Waals surface area (Å²) in [6.45, 7) is 0.449. The smallest absolute Gasteiger partial charge is 0.315 e. The van der Waals surface area contributed by atoms with E-state index in [1.54, 1.807) is 24.0 Å². The molecule has 1 aromatic carbocycles. The standard InChI is InChI=1S/C22H26N6O3/c1-31-19-9-2-15(3-10-19)12-23-22(30)26-17-6-4-16(5-7-17)21(29)25-18-8-11-20-27-24-14-28(20)13-18/h2-3,8-11,13-14,16-17H,4-7,12H2,1H3,(H,25,29)(H2,23,26,30). The molecule has 1 aliphatic rings. The molecule has 3 amide bonds. The summed E-state index contributed by atoms with van der Waals surface area (Å²) >= 11 is 0. The van der Waals surface area contributed by atoms with Crippen molar-refractivity contribution >= 4 is 23.3 Å². The Morgan fingerprint density at radius 2 is 1.87 bits per heavy atom. The van der Waals surface area contributed by atoms with Crippen LogP contribution in [0.4, 0.5) is 10.5 Å². The Kier molecular flexibility index (Phi) is 6.30. The van der Waals surface area contributed by atoms with E-state index in [2.05, 4.69) is 26.1 Å². The summed E-state index contributed by atoms with van der Waals surface area (Å²) in [7, 11) is 1.62. The van der Waals surface area contributed by atoms with Crippen molar-refractivity contribution < 1.29 is 14.3 Å². The van der Waals surface area contributed by atoms with Gasteiger partial charge in [0, 0.05) is 24.7 Å². The quantitative estimate of drug-likeness (QED) is 0.566. The van der Waals surface area contributed by atoms with E-state index in [9.17, 15) is 9.59 Å². The fourth-order valence-corrected chi connectivity index (χ4v) is 3.81. The molecule has 3 N–H and O–H groups in total. The lowest BCUT2D eigenvalue weighted by Crippen LogP contribution is -2.44. The fraction of sp³-hybridized carbons (Fsp3) is 0.364. The first kappa shape index (κ1) is 20.6. The Balaban J connectivity index is 1.19. The van der Waals surface area contributed by atoms with Crippen molar-refractivity contribution in [2.24, 2.45) is 5.92 Å². The molecule has 4 rings (SSSR count). The van der Waals surface area contributed by atoms with Crippen molar-refractivity contribution in [3.63, 3.8) is 0 Å². The number of aromatic nitrogens is 3. The zero-order chi connectivity index (χ0) is 21.6. The van der Waals surface area contributed by atoms with Gasteiger partial charge in [-0.15, -0.1) is 10.2 Å². The monoisotopic (exact) mass is 422 g/mol. The Morgan fingerprint density at radius 3 is 2.61 bits per heavy atom. The Morgan fingerprint density at radius 1 is 1.10 bits per heavy atom. The van der Waals surface area contributed by atoms with Crippen LogP contribution in [-0.2, 0) is 11.3 Å². The number of nitrogens with one attached hydrogen (secondary N) is 3. The highest BCUT2D eigenvalue weighted by atomic mass is 16.5. The number of carbonyl (C=O) groups excluding carboxylic acids is 2. The third-order valence-corrected chi connectivity index (χ3v) is 5.60. The van der Waals surface area contributed by atoms with Crippen LogP contribution in [0.3, 0.4) is 0 Å². The SMILES string of the molecule is COc1ccc(CNC(=O)NC2CCC(C(=O)Nc3ccc4nncn4c3)CC2)cc1. The summed E-state index contributed by atoms with van der Waals surface area (Å²) < 4.78 is 6.90. The summed E-state index contributed by atoms with van der Waals surface area (Å²) in [5.74, 6) is 0.736. The number of hydrogen-bond acceptors (Lipinski definition) is 5. The molecule has 0 aliphatic heterocycles. The second-order valence-electron chi connectivity index (χ2n) is 7.73. The molecule has 9 nitrogen and oxygen atoms in total. The first-order valence-corrected chi connectivity index (χ1v) is 10.4. The molecule has 162 valence electrons. The molecule has 3 aromatic rings. The van der Waals surface area contributed by atoms with Crippen LogP contribution in [0.25, 0.3) is 5.65 Å². The molecular formula is C22H26N6O3. The van der Waals surface area contributed by atoms with Crippen LogP contribution >= 0.6 is 0 Å². The predicted molar refractivity (Wildman–Crippen MR) is 116 cm³/mol. The normalized spacial score (nSPS) is 18.4. The van der Waals surface area contributed by atoms with Crippen molar-refractivity contribution in [2.75, 3.05) is 12.4 Å². The average Bonchev–Trinajstić information content (AvgIpc) is 3.26. The molecule has 1 saturated carbocycles.